The molecule has 0 aliphatic carbocycles. The minimum atomic E-state index is 0.0491. The molecular weight excluding hydrogens is 270 g/mol. The number of halogens is 1. The van der Waals surface area contributed by atoms with E-state index in [9.17, 15) is 0 Å². The summed E-state index contributed by atoms with van der Waals surface area (Å²) in [7, 11) is 0. The van der Waals surface area contributed by atoms with Gasteiger partial charge in [0.05, 0.1) is 11.6 Å². The van der Waals surface area contributed by atoms with Gasteiger partial charge in [-0.25, -0.2) is 9.67 Å². The second kappa shape index (κ2) is 4.14. The van der Waals surface area contributed by atoms with Gasteiger partial charge >= 0.3 is 0 Å². The minimum Gasteiger partial charge on any atom is -0.356 e. The van der Waals surface area contributed by atoms with Gasteiger partial charge in [0.1, 0.15) is 0 Å². The molecule has 0 bridgehead atoms. The van der Waals surface area contributed by atoms with Crippen LogP contribution in [0.25, 0.3) is 11.0 Å². The smallest absolute Gasteiger partial charge is 0.161 e. The molecule has 2 aromatic heterocycles. The topological polar surface area (TPSA) is 39.9 Å². The van der Waals surface area contributed by atoms with Crippen molar-refractivity contribution in [1.29, 1.82) is 0 Å². The highest BCUT2D eigenvalue weighted by Gasteiger charge is 2.19. The predicted octanol–water partition coefficient (Wildman–Crippen LogP) is 2.89. The van der Waals surface area contributed by atoms with E-state index < -0.39 is 0 Å². The van der Waals surface area contributed by atoms with E-state index >= 15 is 0 Å². The first kappa shape index (κ1) is 10.2. The molecule has 1 saturated heterocycles. The summed E-state index contributed by atoms with van der Waals surface area (Å²) in [6.45, 7) is 0.819. The number of hydrogen-bond donors (Lipinski definition) is 0. The van der Waals surface area contributed by atoms with Crippen molar-refractivity contribution in [3.8, 4) is 0 Å². The van der Waals surface area contributed by atoms with Gasteiger partial charge in [0.25, 0.3) is 0 Å². The van der Waals surface area contributed by atoms with Crippen LogP contribution in [0.2, 0.25) is 0 Å². The fourth-order valence-corrected chi connectivity index (χ4v) is 2.44. The van der Waals surface area contributed by atoms with E-state index in [1.165, 1.54) is 6.42 Å². The Morgan fingerprint density at radius 2 is 2.38 bits per heavy atom. The van der Waals surface area contributed by atoms with Crippen molar-refractivity contribution in [1.82, 2.24) is 14.8 Å². The maximum absolute atomic E-state index is 5.72. The van der Waals surface area contributed by atoms with Gasteiger partial charge in [-0.2, -0.15) is 5.10 Å². The van der Waals surface area contributed by atoms with Crippen molar-refractivity contribution in [2.45, 2.75) is 25.5 Å². The number of nitrogens with zero attached hydrogens (tertiary/aromatic N) is 3. The Bertz CT molecular complexity index is 505. The number of pyridine rings is 1. The van der Waals surface area contributed by atoms with Crippen molar-refractivity contribution in [3.63, 3.8) is 0 Å². The Morgan fingerprint density at radius 3 is 3.19 bits per heavy atom. The first-order valence-electron chi connectivity index (χ1n) is 5.45. The summed E-state index contributed by atoms with van der Waals surface area (Å²) in [5.41, 5.74) is 0.890. The summed E-state index contributed by atoms with van der Waals surface area (Å²) in [6, 6.07) is 1.93. The molecular formula is C11H12BrN3O. The number of ether oxygens (including phenoxy) is 1. The lowest BCUT2D eigenvalue weighted by Crippen LogP contribution is -2.19. The third kappa shape index (κ3) is 1.64. The molecule has 0 amide bonds. The van der Waals surface area contributed by atoms with Crippen molar-refractivity contribution < 1.29 is 4.74 Å². The molecule has 0 saturated carbocycles. The van der Waals surface area contributed by atoms with Gasteiger partial charge in [0, 0.05) is 17.3 Å². The monoisotopic (exact) mass is 281 g/mol. The molecule has 16 heavy (non-hydrogen) atoms. The zero-order valence-corrected chi connectivity index (χ0v) is 10.4. The molecule has 1 aliphatic heterocycles. The number of aromatic nitrogens is 3. The van der Waals surface area contributed by atoms with Crippen LogP contribution < -0.4 is 0 Å². The Hall–Kier alpha value is -0.940. The maximum Gasteiger partial charge on any atom is 0.161 e. The first-order valence-corrected chi connectivity index (χ1v) is 6.25. The van der Waals surface area contributed by atoms with Crippen LogP contribution in [0, 0.1) is 0 Å². The Kier molecular flexibility index (Phi) is 2.65. The Labute approximate surface area is 102 Å². The van der Waals surface area contributed by atoms with Gasteiger partial charge in [-0.3, -0.25) is 0 Å². The highest BCUT2D eigenvalue weighted by Crippen LogP contribution is 2.27. The van der Waals surface area contributed by atoms with Crippen molar-refractivity contribution >= 4 is 27.0 Å². The minimum absolute atomic E-state index is 0.0491. The van der Waals surface area contributed by atoms with Crippen molar-refractivity contribution in [2.75, 3.05) is 6.61 Å². The highest BCUT2D eigenvalue weighted by atomic mass is 79.9. The van der Waals surface area contributed by atoms with E-state index in [0.29, 0.717) is 0 Å². The summed E-state index contributed by atoms with van der Waals surface area (Å²) in [5, 5.41) is 5.42. The summed E-state index contributed by atoms with van der Waals surface area (Å²) in [4.78, 5) is 4.37. The van der Waals surface area contributed by atoms with E-state index in [-0.39, 0.29) is 6.23 Å². The molecule has 84 valence electrons. The lowest BCUT2D eigenvalue weighted by molar-refractivity contribution is -0.0370. The summed E-state index contributed by atoms with van der Waals surface area (Å²) in [5.74, 6) is 0. The average Bonchev–Trinajstić information content (AvgIpc) is 2.75. The molecule has 1 unspecified atom stereocenters. The van der Waals surface area contributed by atoms with E-state index in [1.54, 1.807) is 6.20 Å². The number of hydrogen-bond acceptors (Lipinski definition) is 3. The molecule has 1 aliphatic rings. The zero-order chi connectivity index (χ0) is 11.0. The summed E-state index contributed by atoms with van der Waals surface area (Å²) in [6.07, 6.45) is 7.03. The Morgan fingerprint density at radius 1 is 1.44 bits per heavy atom. The van der Waals surface area contributed by atoms with E-state index in [4.69, 9.17) is 4.74 Å². The van der Waals surface area contributed by atoms with Gasteiger partial charge in [-0.15, -0.1) is 0 Å². The largest absolute Gasteiger partial charge is 0.356 e. The van der Waals surface area contributed by atoms with E-state index in [1.807, 2.05) is 16.9 Å². The molecule has 2 aromatic rings. The second-order valence-corrected chi connectivity index (χ2v) is 4.79. The zero-order valence-electron chi connectivity index (χ0n) is 8.77. The molecule has 5 heteroatoms. The molecule has 0 spiro atoms. The predicted molar refractivity (Wildman–Crippen MR) is 64.1 cm³/mol. The molecule has 1 fully saturated rings. The molecule has 4 nitrogen and oxygen atoms in total. The second-order valence-electron chi connectivity index (χ2n) is 3.94. The number of rotatable bonds is 1. The maximum atomic E-state index is 5.72. The van der Waals surface area contributed by atoms with Crippen LogP contribution in [0.15, 0.2) is 22.9 Å². The standard InChI is InChI=1S/C11H12BrN3O/c12-9-4-5-13-11-8(9)7-14-15(11)10-3-1-2-6-16-10/h4-5,7,10H,1-3,6H2. The lowest BCUT2D eigenvalue weighted by atomic mass is 10.2. The van der Waals surface area contributed by atoms with Crippen molar-refractivity contribution in [3.05, 3.63) is 22.9 Å². The van der Waals surface area contributed by atoms with Gasteiger partial charge in [-0.05, 0) is 41.3 Å². The first-order chi connectivity index (χ1) is 7.86. The fourth-order valence-electron chi connectivity index (χ4n) is 2.04. The normalized spacial score (nSPS) is 21.4. The summed E-state index contributed by atoms with van der Waals surface area (Å²) < 4.78 is 8.63. The Balaban J connectivity index is 2.06. The van der Waals surface area contributed by atoms with Crippen LogP contribution in [0.1, 0.15) is 25.5 Å². The van der Waals surface area contributed by atoms with E-state index in [2.05, 4.69) is 26.0 Å². The van der Waals surface area contributed by atoms with Gasteiger partial charge in [-0.1, -0.05) is 0 Å². The van der Waals surface area contributed by atoms with Gasteiger partial charge in [0.15, 0.2) is 11.9 Å². The van der Waals surface area contributed by atoms with E-state index in [0.717, 1.165) is 35.0 Å². The quantitative estimate of drug-likeness (QED) is 0.807. The SMILES string of the molecule is Brc1ccnc2c1cnn2C1CCCCO1. The summed E-state index contributed by atoms with van der Waals surface area (Å²) >= 11 is 3.50. The van der Waals surface area contributed by atoms with Crippen LogP contribution >= 0.6 is 15.9 Å². The lowest BCUT2D eigenvalue weighted by Gasteiger charge is -2.22. The average molecular weight is 282 g/mol. The number of fused-ring (bicyclic) bond motifs is 1. The third-order valence-electron chi connectivity index (χ3n) is 2.87. The van der Waals surface area contributed by atoms with Crippen LogP contribution in [-0.2, 0) is 4.74 Å². The van der Waals surface area contributed by atoms with Crippen LogP contribution in [-0.4, -0.2) is 21.4 Å². The highest BCUT2D eigenvalue weighted by molar-refractivity contribution is 9.10. The fraction of sp³-hybridized carbons (Fsp3) is 0.455. The van der Waals surface area contributed by atoms with Crippen LogP contribution in [0.4, 0.5) is 0 Å². The van der Waals surface area contributed by atoms with Gasteiger partial charge in [0.2, 0.25) is 0 Å². The molecule has 3 rings (SSSR count). The molecule has 3 heterocycles. The molecule has 0 aromatic carbocycles. The van der Waals surface area contributed by atoms with Crippen LogP contribution in [0.3, 0.4) is 0 Å². The van der Waals surface area contributed by atoms with Crippen LogP contribution in [0.5, 0.6) is 0 Å². The molecule has 1 atom stereocenters. The van der Waals surface area contributed by atoms with Crippen molar-refractivity contribution in [2.24, 2.45) is 0 Å². The third-order valence-corrected chi connectivity index (χ3v) is 3.56. The molecule has 0 N–H and O–H groups in total. The van der Waals surface area contributed by atoms with Gasteiger partial charge < -0.3 is 4.74 Å². The molecule has 0 radical (unpaired) electrons.